The van der Waals surface area contributed by atoms with Crippen molar-refractivity contribution >= 4 is 5.78 Å². The molecular weight excluding hydrogens is 244 g/mol. The van der Waals surface area contributed by atoms with Crippen LogP contribution in [0.3, 0.4) is 0 Å². The van der Waals surface area contributed by atoms with Crippen LogP contribution in [0.1, 0.15) is 16.8 Å². The highest BCUT2D eigenvalue weighted by Gasteiger charge is 2.13. The number of rotatable bonds is 3. The van der Waals surface area contributed by atoms with E-state index in [9.17, 15) is 9.90 Å². The summed E-state index contributed by atoms with van der Waals surface area (Å²) in [5, 5.41) is 12.7. The summed E-state index contributed by atoms with van der Waals surface area (Å²) >= 11 is 0. The fraction of sp³-hybridized carbons (Fsp3) is 0.357. The Morgan fingerprint density at radius 3 is 3.00 bits per heavy atom. The number of ketones is 1. The number of hydrogen-bond acceptors (Lipinski definition) is 5. The average molecular weight is 262 g/mol. The van der Waals surface area contributed by atoms with Gasteiger partial charge in [0.1, 0.15) is 5.82 Å². The summed E-state index contributed by atoms with van der Waals surface area (Å²) in [7, 11) is 3.40. The standard InChI is InChI=1S/C14H18N2O3/c1-16-7-3-6-15-14(16)9-12(18)10-4-5-11(17)13(8-10)19-2/h4-5,8-9,15,17H,3,6-7H2,1-2H3/b14-9+. The van der Waals surface area contributed by atoms with Gasteiger partial charge < -0.3 is 20.1 Å². The van der Waals surface area contributed by atoms with Gasteiger partial charge >= 0.3 is 0 Å². The van der Waals surface area contributed by atoms with Crippen molar-refractivity contribution in [1.29, 1.82) is 0 Å². The molecule has 1 heterocycles. The largest absolute Gasteiger partial charge is 0.504 e. The highest BCUT2D eigenvalue weighted by molar-refractivity contribution is 6.05. The molecule has 102 valence electrons. The molecule has 1 aliphatic heterocycles. The second-order valence-corrected chi connectivity index (χ2v) is 4.48. The lowest BCUT2D eigenvalue weighted by Crippen LogP contribution is -2.37. The molecule has 0 amide bonds. The Hall–Kier alpha value is -2.17. The number of allylic oxidation sites excluding steroid dienone is 1. The van der Waals surface area contributed by atoms with Gasteiger partial charge in [-0.05, 0) is 24.6 Å². The molecule has 0 aliphatic carbocycles. The Bertz CT molecular complexity index is 511. The zero-order chi connectivity index (χ0) is 13.8. The monoisotopic (exact) mass is 262 g/mol. The fourth-order valence-corrected chi connectivity index (χ4v) is 1.99. The number of hydrogen-bond donors (Lipinski definition) is 2. The molecule has 5 heteroatoms. The van der Waals surface area contributed by atoms with Gasteiger partial charge in [-0.15, -0.1) is 0 Å². The predicted molar refractivity (Wildman–Crippen MR) is 72.3 cm³/mol. The van der Waals surface area contributed by atoms with Crippen LogP contribution >= 0.6 is 0 Å². The molecule has 5 nitrogen and oxygen atoms in total. The number of nitrogens with one attached hydrogen (secondary N) is 1. The van der Waals surface area contributed by atoms with E-state index in [0.29, 0.717) is 11.3 Å². The maximum Gasteiger partial charge on any atom is 0.189 e. The number of methoxy groups -OCH3 is 1. The Labute approximate surface area is 112 Å². The van der Waals surface area contributed by atoms with Crippen LogP contribution in [0.5, 0.6) is 11.5 Å². The van der Waals surface area contributed by atoms with Gasteiger partial charge in [0.2, 0.25) is 0 Å². The maximum atomic E-state index is 12.2. The van der Waals surface area contributed by atoms with E-state index in [0.717, 1.165) is 25.3 Å². The van der Waals surface area contributed by atoms with Crippen LogP contribution in [0.25, 0.3) is 0 Å². The first-order valence-corrected chi connectivity index (χ1v) is 6.20. The van der Waals surface area contributed by atoms with Crippen molar-refractivity contribution in [2.75, 3.05) is 27.2 Å². The number of phenols is 1. The molecule has 0 unspecified atom stereocenters. The van der Waals surface area contributed by atoms with Crippen molar-refractivity contribution in [1.82, 2.24) is 10.2 Å². The van der Waals surface area contributed by atoms with E-state index < -0.39 is 0 Å². The lowest BCUT2D eigenvalue weighted by atomic mass is 10.1. The highest BCUT2D eigenvalue weighted by Crippen LogP contribution is 2.26. The summed E-state index contributed by atoms with van der Waals surface area (Å²) in [6, 6.07) is 4.58. The minimum atomic E-state index is -0.116. The van der Waals surface area contributed by atoms with Gasteiger partial charge in [0.05, 0.1) is 7.11 Å². The third-order valence-electron chi connectivity index (χ3n) is 3.12. The Kier molecular flexibility index (Phi) is 3.94. The molecule has 2 N–H and O–H groups in total. The summed E-state index contributed by atoms with van der Waals surface area (Å²) in [6.45, 7) is 1.81. The molecule has 1 saturated heterocycles. The van der Waals surface area contributed by atoms with E-state index in [2.05, 4.69) is 5.32 Å². The number of carbonyl (C=O) groups excluding carboxylic acids is 1. The smallest absolute Gasteiger partial charge is 0.189 e. The predicted octanol–water partition coefficient (Wildman–Crippen LogP) is 1.35. The molecule has 1 aromatic carbocycles. The number of carbonyl (C=O) groups is 1. The molecule has 1 fully saturated rings. The summed E-state index contributed by atoms with van der Waals surface area (Å²) in [5.41, 5.74) is 0.489. The third kappa shape index (κ3) is 2.99. The topological polar surface area (TPSA) is 61.8 Å². The Morgan fingerprint density at radius 1 is 1.53 bits per heavy atom. The van der Waals surface area contributed by atoms with Gasteiger partial charge in [-0.25, -0.2) is 0 Å². The minimum absolute atomic E-state index is 0.0274. The third-order valence-corrected chi connectivity index (χ3v) is 3.12. The number of ether oxygens (including phenoxy) is 1. The molecule has 1 aliphatic rings. The van der Waals surface area contributed by atoms with Crippen LogP contribution in [0.2, 0.25) is 0 Å². The van der Waals surface area contributed by atoms with Crippen molar-refractivity contribution in [2.45, 2.75) is 6.42 Å². The van der Waals surface area contributed by atoms with Crippen molar-refractivity contribution in [3.63, 3.8) is 0 Å². The Balaban J connectivity index is 2.22. The zero-order valence-electron chi connectivity index (χ0n) is 11.1. The van der Waals surface area contributed by atoms with Crippen LogP contribution in [0.15, 0.2) is 30.1 Å². The van der Waals surface area contributed by atoms with Gasteiger partial charge in [0, 0.05) is 31.8 Å². The maximum absolute atomic E-state index is 12.2. The first-order chi connectivity index (χ1) is 9.11. The van der Waals surface area contributed by atoms with Gasteiger partial charge in [0.25, 0.3) is 0 Å². The van der Waals surface area contributed by atoms with Crippen molar-refractivity contribution in [3.05, 3.63) is 35.7 Å². The molecule has 0 saturated carbocycles. The number of phenolic OH excluding ortho intramolecular Hbond substituents is 1. The van der Waals surface area contributed by atoms with Crippen molar-refractivity contribution in [3.8, 4) is 11.5 Å². The lowest BCUT2D eigenvalue weighted by Gasteiger charge is -2.28. The van der Waals surface area contributed by atoms with Crippen LogP contribution in [0.4, 0.5) is 0 Å². The molecule has 2 rings (SSSR count). The first kappa shape index (κ1) is 13.3. The summed E-state index contributed by atoms with van der Waals surface area (Å²) in [6.07, 6.45) is 2.64. The average Bonchev–Trinajstić information content (AvgIpc) is 2.42. The van der Waals surface area contributed by atoms with E-state index >= 15 is 0 Å². The quantitative estimate of drug-likeness (QED) is 0.636. The molecule has 19 heavy (non-hydrogen) atoms. The lowest BCUT2D eigenvalue weighted by molar-refractivity contribution is 0.104. The summed E-state index contributed by atoms with van der Waals surface area (Å²) in [5.74, 6) is 1.03. The number of aromatic hydroxyl groups is 1. The Morgan fingerprint density at radius 2 is 2.32 bits per heavy atom. The first-order valence-electron chi connectivity index (χ1n) is 6.20. The van der Waals surface area contributed by atoms with E-state index in [1.54, 1.807) is 12.1 Å². The molecular formula is C14H18N2O3. The van der Waals surface area contributed by atoms with Gasteiger partial charge in [-0.2, -0.15) is 0 Å². The van der Waals surface area contributed by atoms with Gasteiger partial charge in [-0.3, -0.25) is 4.79 Å². The normalized spacial score (nSPS) is 17.2. The molecule has 1 aromatic rings. The van der Waals surface area contributed by atoms with E-state index in [1.807, 2.05) is 11.9 Å². The highest BCUT2D eigenvalue weighted by atomic mass is 16.5. The summed E-state index contributed by atoms with van der Waals surface area (Å²) in [4.78, 5) is 14.2. The van der Waals surface area contributed by atoms with Crippen LogP contribution in [-0.2, 0) is 0 Å². The fourth-order valence-electron chi connectivity index (χ4n) is 1.99. The van der Waals surface area contributed by atoms with E-state index in [-0.39, 0.29) is 11.5 Å². The molecule has 0 atom stereocenters. The van der Waals surface area contributed by atoms with Gasteiger partial charge in [-0.1, -0.05) is 0 Å². The van der Waals surface area contributed by atoms with Crippen molar-refractivity contribution in [2.24, 2.45) is 0 Å². The van der Waals surface area contributed by atoms with Gasteiger partial charge in [0.15, 0.2) is 17.3 Å². The second-order valence-electron chi connectivity index (χ2n) is 4.48. The number of nitrogens with zero attached hydrogens (tertiary/aromatic N) is 1. The van der Waals surface area contributed by atoms with Crippen molar-refractivity contribution < 1.29 is 14.6 Å². The van der Waals surface area contributed by atoms with E-state index in [1.165, 1.54) is 19.2 Å². The number of benzene rings is 1. The van der Waals surface area contributed by atoms with E-state index in [4.69, 9.17) is 4.74 Å². The molecule has 0 spiro atoms. The molecule has 0 radical (unpaired) electrons. The second kappa shape index (κ2) is 5.65. The van der Waals surface area contributed by atoms with Crippen LogP contribution in [0, 0.1) is 0 Å². The van der Waals surface area contributed by atoms with Crippen LogP contribution < -0.4 is 10.1 Å². The SMILES string of the molecule is COc1cc(C(=O)/C=C2\NCCCN2C)ccc1O. The van der Waals surface area contributed by atoms with Crippen LogP contribution in [-0.4, -0.2) is 43.0 Å². The zero-order valence-corrected chi connectivity index (χ0v) is 11.1. The summed E-state index contributed by atoms with van der Waals surface area (Å²) < 4.78 is 5.00. The molecule has 0 aromatic heterocycles. The molecule has 0 bridgehead atoms. The minimum Gasteiger partial charge on any atom is -0.504 e.